The lowest BCUT2D eigenvalue weighted by Crippen LogP contribution is -2.14. The minimum atomic E-state index is -1.04. The highest BCUT2D eigenvalue weighted by Gasteiger charge is 2.05. The van der Waals surface area contributed by atoms with Gasteiger partial charge in [0, 0.05) is 11.5 Å². The molecule has 10 heteroatoms. The van der Waals surface area contributed by atoms with Crippen molar-refractivity contribution in [2.45, 2.75) is 12.8 Å². The van der Waals surface area contributed by atoms with Crippen LogP contribution in [0.1, 0.15) is 12.8 Å². The molecule has 0 amide bonds. The second-order valence-corrected chi connectivity index (χ2v) is 3.91. The maximum atomic E-state index is 11.0. The topological polar surface area (TPSA) is 140 Å². The Morgan fingerprint density at radius 2 is 1.45 bits per heavy atom. The van der Waals surface area contributed by atoms with Crippen LogP contribution in [0.4, 0.5) is 0 Å². The van der Waals surface area contributed by atoms with Crippen molar-refractivity contribution in [3.8, 4) is 0 Å². The molecule has 0 bridgehead atoms. The van der Waals surface area contributed by atoms with Crippen LogP contribution in [0.3, 0.4) is 0 Å². The number of nitrogens with zero attached hydrogens (tertiary/aromatic N) is 3. The Balaban J connectivity index is 3.15. The van der Waals surface area contributed by atoms with E-state index in [2.05, 4.69) is 10.0 Å². The van der Waals surface area contributed by atoms with Gasteiger partial charge in [-0.15, -0.1) is 0 Å². The van der Waals surface area contributed by atoms with Crippen LogP contribution in [0.25, 0.3) is 10.4 Å². The van der Waals surface area contributed by atoms with E-state index in [1.807, 2.05) is 0 Å². The van der Waals surface area contributed by atoms with E-state index in [9.17, 15) is 9.59 Å². The van der Waals surface area contributed by atoms with Crippen molar-refractivity contribution in [2.75, 3.05) is 52.8 Å². The second-order valence-electron chi connectivity index (χ2n) is 3.91. The molecule has 0 saturated heterocycles. The molecule has 10 nitrogen and oxygen atoms in total. The second kappa shape index (κ2) is 15.5. The predicted octanol–water partition coefficient (Wildman–Crippen LogP) is 0.754. The summed E-state index contributed by atoms with van der Waals surface area (Å²) >= 11 is 0. The number of carbonyl (C=O) groups is 2. The Labute approximate surface area is 127 Å². The third-order valence-corrected chi connectivity index (χ3v) is 2.18. The molecule has 0 fully saturated rings. The number of hydrogen-bond acceptors (Lipinski definition) is 7. The first kappa shape index (κ1) is 20.1. The van der Waals surface area contributed by atoms with E-state index in [0.29, 0.717) is 39.6 Å². The minimum Gasteiger partial charge on any atom is -0.481 e. The zero-order valence-corrected chi connectivity index (χ0v) is 12.3. The predicted molar refractivity (Wildman–Crippen MR) is 74.3 cm³/mol. The number of ether oxygens (including phenoxy) is 4. The molecule has 0 aliphatic carbocycles. The molecule has 0 spiro atoms. The van der Waals surface area contributed by atoms with Crippen LogP contribution >= 0.6 is 0 Å². The molecule has 22 heavy (non-hydrogen) atoms. The van der Waals surface area contributed by atoms with Gasteiger partial charge in [-0.2, -0.15) is 0 Å². The minimum absolute atomic E-state index is 0.0843. The molecule has 0 aliphatic rings. The Morgan fingerprint density at radius 1 is 0.909 bits per heavy atom. The van der Waals surface area contributed by atoms with Crippen molar-refractivity contribution in [3.05, 3.63) is 10.4 Å². The number of esters is 1. The van der Waals surface area contributed by atoms with Gasteiger partial charge in [-0.1, -0.05) is 5.11 Å². The summed E-state index contributed by atoms with van der Waals surface area (Å²) in [5.74, 6) is -1.59. The molecule has 0 radical (unpaired) electrons. The Hall–Kier alpha value is -1.87. The highest BCUT2D eigenvalue weighted by molar-refractivity contribution is 5.76. The van der Waals surface area contributed by atoms with E-state index < -0.39 is 11.9 Å². The zero-order valence-electron chi connectivity index (χ0n) is 12.3. The van der Waals surface area contributed by atoms with Gasteiger partial charge in [0.05, 0.1) is 52.5 Å². The van der Waals surface area contributed by atoms with Crippen LogP contribution in [0.5, 0.6) is 0 Å². The number of carboxylic acid groups (broad SMARTS) is 1. The summed E-state index contributed by atoms with van der Waals surface area (Å²) in [6, 6.07) is 0. The van der Waals surface area contributed by atoms with Crippen LogP contribution in [-0.2, 0) is 28.5 Å². The van der Waals surface area contributed by atoms with Crippen molar-refractivity contribution in [1.82, 2.24) is 0 Å². The molecular formula is C12H21N3O7. The number of rotatable bonds is 15. The first-order valence-corrected chi connectivity index (χ1v) is 6.78. The van der Waals surface area contributed by atoms with Gasteiger partial charge in [0.1, 0.15) is 6.61 Å². The lowest BCUT2D eigenvalue weighted by Gasteiger charge is -2.07. The summed E-state index contributed by atoms with van der Waals surface area (Å²) < 4.78 is 20.2. The molecule has 0 aliphatic heterocycles. The fraction of sp³-hybridized carbons (Fsp3) is 0.833. The normalized spacial score (nSPS) is 10.0. The standard InChI is InChI=1S/C12H21N3O7/c13-15-14-3-4-19-5-6-20-7-8-21-9-10-22-12(18)2-1-11(16)17/h1-10H2,(H,16,17). The van der Waals surface area contributed by atoms with Gasteiger partial charge in [0.2, 0.25) is 0 Å². The smallest absolute Gasteiger partial charge is 0.306 e. The molecule has 0 saturated carbocycles. The molecular weight excluding hydrogens is 298 g/mol. The SMILES string of the molecule is [N-]=[N+]=NCCOCCOCCOCCOC(=O)CCC(=O)O. The summed E-state index contributed by atoms with van der Waals surface area (Å²) in [5.41, 5.74) is 8.02. The number of aliphatic carboxylic acids is 1. The van der Waals surface area contributed by atoms with E-state index in [-0.39, 0.29) is 26.1 Å². The first-order chi connectivity index (χ1) is 10.7. The lowest BCUT2D eigenvalue weighted by atomic mass is 10.3. The van der Waals surface area contributed by atoms with Crippen LogP contribution in [0.2, 0.25) is 0 Å². The number of hydrogen-bond donors (Lipinski definition) is 1. The molecule has 0 unspecified atom stereocenters. The first-order valence-electron chi connectivity index (χ1n) is 6.78. The van der Waals surface area contributed by atoms with Gasteiger partial charge in [0.25, 0.3) is 0 Å². The van der Waals surface area contributed by atoms with Gasteiger partial charge in [-0.25, -0.2) is 0 Å². The van der Waals surface area contributed by atoms with E-state index >= 15 is 0 Å². The largest absolute Gasteiger partial charge is 0.481 e. The molecule has 0 aromatic carbocycles. The van der Waals surface area contributed by atoms with Crippen LogP contribution < -0.4 is 0 Å². The average Bonchev–Trinajstić information content (AvgIpc) is 2.49. The van der Waals surface area contributed by atoms with Gasteiger partial charge in [-0.05, 0) is 5.53 Å². The van der Waals surface area contributed by atoms with E-state index in [4.69, 9.17) is 29.6 Å². The van der Waals surface area contributed by atoms with Crippen molar-refractivity contribution >= 4 is 11.9 Å². The zero-order chi connectivity index (χ0) is 16.5. The van der Waals surface area contributed by atoms with Crippen LogP contribution in [-0.4, -0.2) is 69.8 Å². The van der Waals surface area contributed by atoms with Crippen molar-refractivity contribution < 1.29 is 33.6 Å². The molecule has 1 N–H and O–H groups in total. The highest BCUT2D eigenvalue weighted by Crippen LogP contribution is 1.93. The van der Waals surface area contributed by atoms with Crippen molar-refractivity contribution in [3.63, 3.8) is 0 Å². The molecule has 126 valence electrons. The summed E-state index contributed by atoms with van der Waals surface area (Å²) in [6.07, 6.45) is -0.378. The van der Waals surface area contributed by atoms with Gasteiger partial charge in [-0.3, -0.25) is 9.59 Å². The molecule has 0 atom stereocenters. The average molecular weight is 319 g/mol. The van der Waals surface area contributed by atoms with Crippen molar-refractivity contribution in [2.24, 2.45) is 5.11 Å². The maximum absolute atomic E-state index is 11.0. The molecule has 0 heterocycles. The monoisotopic (exact) mass is 319 g/mol. The maximum Gasteiger partial charge on any atom is 0.306 e. The third-order valence-electron chi connectivity index (χ3n) is 2.18. The summed E-state index contributed by atoms with van der Waals surface area (Å²) in [4.78, 5) is 23.8. The Kier molecular flexibility index (Phi) is 14.2. The van der Waals surface area contributed by atoms with Crippen LogP contribution in [0.15, 0.2) is 5.11 Å². The van der Waals surface area contributed by atoms with E-state index in [1.165, 1.54) is 0 Å². The van der Waals surface area contributed by atoms with Gasteiger partial charge < -0.3 is 24.1 Å². The summed E-state index contributed by atoms with van der Waals surface area (Å²) in [6.45, 7) is 2.51. The fourth-order valence-corrected chi connectivity index (χ4v) is 1.19. The van der Waals surface area contributed by atoms with Gasteiger partial charge in [0.15, 0.2) is 0 Å². The van der Waals surface area contributed by atoms with E-state index in [0.717, 1.165) is 0 Å². The summed E-state index contributed by atoms with van der Waals surface area (Å²) in [5, 5.41) is 11.7. The summed E-state index contributed by atoms with van der Waals surface area (Å²) in [7, 11) is 0. The lowest BCUT2D eigenvalue weighted by molar-refractivity contribution is -0.149. The molecule has 0 aromatic rings. The van der Waals surface area contributed by atoms with Crippen LogP contribution in [0, 0.1) is 0 Å². The third kappa shape index (κ3) is 16.2. The van der Waals surface area contributed by atoms with E-state index in [1.54, 1.807) is 0 Å². The Morgan fingerprint density at radius 3 is 2.00 bits per heavy atom. The molecule has 0 aromatic heterocycles. The number of carbonyl (C=O) groups excluding carboxylic acids is 1. The number of azide groups is 1. The van der Waals surface area contributed by atoms with Crippen molar-refractivity contribution in [1.29, 1.82) is 0 Å². The number of carboxylic acids is 1. The van der Waals surface area contributed by atoms with Gasteiger partial charge >= 0.3 is 11.9 Å². The molecule has 0 rings (SSSR count). The Bertz CT molecular complexity index is 359. The fourth-order valence-electron chi connectivity index (χ4n) is 1.19. The highest BCUT2D eigenvalue weighted by atomic mass is 16.6. The quantitative estimate of drug-likeness (QED) is 0.154.